The number of ether oxygens (including phenoxy) is 1. The Labute approximate surface area is 112 Å². The highest BCUT2D eigenvalue weighted by atomic mass is 79.9. The molecule has 0 saturated heterocycles. The first kappa shape index (κ1) is 3.35. The molecule has 4 heteroatoms. The van der Waals surface area contributed by atoms with E-state index in [1.165, 1.54) is 0 Å². The second-order valence-electron chi connectivity index (χ2n) is 2.45. The minimum atomic E-state index is -3.01. The normalized spacial score (nSPS) is 22.6. The van der Waals surface area contributed by atoms with E-state index in [9.17, 15) is 0 Å². The SMILES string of the molecule is [2H]c1c([2H])c(-n2c(C([2H])([2H])[2H])nc(Br)c2[2H])c([2H])c([2H])c1OC([2H])([2H])[2H]. The molecule has 0 atom stereocenters. The first-order valence-corrected chi connectivity index (χ1v) is 4.51. The molecular weight excluding hydrogens is 256 g/mol. The van der Waals surface area contributed by atoms with E-state index in [0.717, 1.165) is 0 Å². The number of halogens is 1. The summed E-state index contributed by atoms with van der Waals surface area (Å²) >= 11 is 2.91. The molecule has 0 radical (unpaired) electrons. The summed E-state index contributed by atoms with van der Waals surface area (Å²) in [4.78, 5) is 3.70. The highest BCUT2D eigenvalue weighted by Gasteiger charge is 2.03. The van der Waals surface area contributed by atoms with Crippen molar-refractivity contribution in [3.8, 4) is 11.4 Å². The van der Waals surface area contributed by atoms with Crippen molar-refractivity contribution in [2.75, 3.05) is 7.04 Å². The molecule has 0 unspecified atom stereocenters. The monoisotopic (exact) mass is 277 g/mol. The second-order valence-corrected chi connectivity index (χ2v) is 3.20. The van der Waals surface area contributed by atoms with Crippen molar-refractivity contribution >= 4 is 15.9 Å². The van der Waals surface area contributed by atoms with Gasteiger partial charge in [-0.15, -0.1) is 0 Å². The van der Waals surface area contributed by atoms with Crippen molar-refractivity contribution in [1.82, 2.24) is 9.55 Å². The van der Waals surface area contributed by atoms with Gasteiger partial charge in [0.2, 0.25) is 0 Å². The van der Waals surface area contributed by atoms with Gasteiger partial charge in [0.25, 0.3) is 0 Å². The molecule has 0 N–H and O–H groups in total. The lowest BCUT2D eigenvalue weighted by Crippen LogP contribution is -1.95. The zero-order valence-corrected chi connectivity index (χ0v) is 8.77. The average Bonchev–Trinajstić information content (AvgIpc) is 2.78. The molecule has 0 aliphatic carbocycles. The van der Waals surface area contributed by atoms with Crippen molar-refractivity contribution in [2.24, 2.45) is 0 Å². The minimum absolute atomic E-state index is 0.164. The minimum Gasteiger partial charge on any atom is -0.497 e. The van der Waals surface area contributed by atoms with Gasteiger partial charge in [-0.25, -0.2) is 4.98 Å². The average molecular weight is 278 g/mol. The smallest absolute Gasteiger partial charge is 0.124 e. The van der Waals surface area contributed by atoms with Gasteiger partial charge in [-0.2, -0.15) is 0 Å². The Morgan fingerprint density at radius 2 is 2.27 bits per heavy atom. The Bertz CT molecular complexity index is 842. The zero-order chi connectivity index (χ0) is 20.2. The molecule has 1 heterocycles. The van der Waals surface area contributed by atoms with Crippen LogP contribution < -0.4 is 4.74 Å². The number of hydrogen-bond acceptors (Lipinski definition) is 2. The molecule has 1 aromatic heterocycles. The molecular formula is C11H11BrN2O. The van der Waals surface area contributed by atoms with E-state index in [2.05, 4.69) is 25.7 Å². The lowest BCUT2D eigenvalue weighted by molar-refractivity contribution is 0.414. The number of aryl methyl sites for hydroxylation is 1. The number of imidazole rings is 1. The van der Waals surface area contributed by atoms with Gasteiger partial charge in [0, 0.05) is 16.0 Å². The first-order valence-electron chi connectivity index (χ1n) is 9.22. The number of nitrogens with zero attached hydrogens (tertiary/aromatic N) is 2. The molecule has 0 bridgehead atoms. The zero-order valence-electron chi connectivity index (χ0n) is 18.2. The van der Waals surface area contributed by atoms with Crippen molar-refractivity contribution in [2.45, 2.75) is 6.85 Å². The summed E-state index contributed by atoms with van der Waals surface area (Å²) < 4.78 is 88.6. The van der Waals surface area contributed by atoms with Crippen LogP contribution in [0.15, 0.2) is 34.9 Å². The Balaban J connectivity index is 2.87. The van der Waals surface area contributed by atoms with Crippen LogP contribution in [-0.4, -0.2) is 16.6 Å². The predicted octanol–water partition coefficient (Wildman–Crippen LogP) is 2.95. The van der Waals surface area contributed by atoms with Gasteiger partial charge < -0.3 is 9.30 Å². The van der Waals surface area contributed by atoms with Crippen LogP contribution in [-0.2, 0) is 0 Å². The van der Waals surface area contributed by atoms with Crippen LogP contribution in [0.2, 0.25) is 0 Å². The summed E-state index contributed by atoms with van der Waals surface area (Å²) in [6.45, 7) is -2.81. The van der Waals surface area contributed by atoms with Crippen LogP contribution in [0.25, 0.3) is 5.69 Å². The van der Waals surface area contributed by atoms with Gasteiger partial charge in [-0.05, 0) is 47.0 Å². The van der Waals surface area contributed by atoms with Crippen LogP contribution in [0.3, 0.4) is 0 Å². The fourth-order valence-corrected chi connectivity index (χ4v) is 1.28. The van der Waals surface area contributed by atoms with Gasteiger partial charge >= 0.3 is 0 Å². The van der Waals surface area contributed by atoms with E-state index in [4.69, 9.17) is 15.1 Å². The molecule has 78 valence electrons. The van der Waals surface area contributed by atoms with Crippen LogP contribution in [0, 0.1) is 6.85 Å². The Morgan fingerprint density at radius 1 is 1.47 bits per heavy atom. The fraction of sp³-hybridized carbons (Fsp3) is 0.182. The Morgan fingerprint density at radius 3 is 2.93 bits per heavy atom. The second kappa shape index (κ2) is 4.06. The van der Waals surface area contributed by atoms with Gasteiger partial charge in [-0.1, -0.05) is 0 Å². The number of aromatic nitrogens is 2. The summed E-state index contributed by atoms with van der Waals surface area (Å²) in [5.74, 6) is -1.44. The summed E-state index contributed by atoms with van der Waals surface area (Å²) in [5.41, 5.74) is -0.549. The third kappa shape index (κ3) is 2.04. The molecule has 0 amide bonds. The maximum atomic E-state index is 8.04. The van der Waals surface area contributed by atoms with E-state index in [1.807, 2.05) is 0 Å². The number of hydrogen-bond donors (Lipinski definition) is 0. The Hall–Kier alpha value is -1.29. The van der Waals surface area contributed by atoms with E-state index in [-0.39, 0.29) is 4.60 Å². The topological polar surface area (TPSA) is 27.1 Å². The molecule has 15 heavy (non-hydrogen) atoms. The number of methoxy groups -OCH3 is 1. The van der Waals surface area contributed by atoms with E-state index >= 15 is 0 Å². The molecule has 0 aliphatic rings. The Kier molecular flexibility index (Phi) is 0.908. The molecule has 1 aromatic carbocycles. The van der Waals surface area contributed by atoms with Crippen LogP contribution in [0.4, 0.5) is 0 Å². The highest BCUT2D eigenvalue weighted by molar-refractivity contribution is 9.10. The lowest BCUT2D eigenvalue weighted by atomic mass is 10.3. The van der Waals surface area contributed by atoms with Crippen LogP contribution >= 0.6 is 15.9 Å². The number of benzene rings is 1. The molecule has 0 fully saturated rings. The summed E-state index contributed by atoms with van der Waals surface area (Å²) in [5, 5.41) is 0. The molecule has 0 aliphatic heterocycles. The summed E-state index contributed by atoms with van der Waals surface area (Å²) in [6.07, 6.45) is -0.499. The van der Waals surface area contributed by atoms with Gasteiger partial charge in [0.05, 0.1) is 18.0 Å². The largest absolute Gasteiger partial charge is 0.497 e. The van der Waals surface area contributed by atoms with E-state index < -0.39 is 61.5 Å². The van der Waals surface area contributed by atoms with Crippen molar-refractivity contribution in [3.05, 3.63) is 40.8 Å². The van der Waals surface area contributed by atoms with Gasteiger partial charge in [-0.3, -0.25) is 0 Å². The van der Waals surface area contributed by atoms with Crippen molar-refractivity contribution in [3.63, 3.8) is 0 Å². The molecule has 2 rings (SSSR count). The molecule has 0 spiro atoms. The fourth-order valence-electron chi connectivity index (χ4n) is 0.932. The summed E-state index contributed by atoms with van der Waals surface area (Å²) in [7, 11) is -3.01. The molecule has 0 saturated carbocycles. The number of rotatable bonds is 2. The van der Waals surface area contributed by atoms with Crippen LogP contribution in [0.5, 0.6) is 5.75 Å². The third-order valence-electron chi connectivity index (χ3n) is 1.53. The van der Waals surface area contributed by atoms with E-state index in [0.29, 0.717) is 4.57 Å². The lowest BCUT2D eigenvalue weighted by Gasteiger charge is -2.05. The quantitative estimate of drug-likeness (QED) is 0.844. The first-order chi connectivity index (χ1) is 11.7. The predicted molar refractivity (Wildman–Crippen MR) is 62.6 cm³/mol. The maximum absolute atomic E-state index is 8.04. The highest BCUT2D eigenvalue weighted by Crippen LogP contribution is 2.18. The molecule has 3 nitrogen and oxygen atoms in total. The van der Waals surface area contributed by atoms with Crippen molar-refractivity contribution < 1.29 is 19.8 Å². The summed E-state index contributed by atoms with van der Waals surface area (Å²) in [6, 6.07) is -3.18. The molecule has 2 aromatic rings. The maximum Gasteiger partial charge on any atom is 0.124 e. The van der Waals surface area contributed by atoms with Crippen LogP contribution in [0.1, 0.15) is 20.9 Å². The van der Waals surface area contributed by atoms with E-state index in [1.54, 1.807) is 0 Å². The third-order valence-corrected chi connectivity index (χ3v) is 1.89. The van der Waals surface area contributed by atoms with Gasteiger partial charge in [0.15, 0.2) is 0 Å². The standard InChI is InChI=1S/C11H11BrN2O/c1-8-13-11(12)7-14(8)9-3-5-10(15-2)6-4-9/h3-7H,1-2H3/i1D3,2D3,3D,4D,5D,6D,7D. The van der Waals surface area contributed by atoms with Crippen molar-refractivity contribution in [1.29, 1.82) is 0 Å². The van der Waals surface area contributed by atoms with Gasteiger partial charge in [0.1, 0.15) is 16.2 Å².